The molecule has 1 aromatic heterocycles. The van der Waals surface area contributed by atoms with Crippen molar-refractivity contribution in [3.8, 4) is 0 Å². The van der Waals surface area contributed by atoms with Crippen molar-refractivity contribution in [2.24, 2.45) is 0 Å². The summed E-state index contributed by atoms with van der Waals surface area (Å²) in [5.74, 6) is -0.391. The van der Waals surface area contributed by atoms with Crippen LogP contribution in [0.15, 0.2) is 24.3 Å². The highest BCUT2D eigenvalue weighted by Gasteiger charge is 2.15. The van der Waals surface area contributed by atoms with E-state index in [1.807, 2.05) is 0 Å². The number of nitrogens with zero attached hydrogens (tertiary/aromatic N) is 2. The maximum atomic E-state index is 13.1. The number of hydrogen-bond donors (Lipinski definition) is 1. The third-order valence-electron chi connectivity index (χ3n) is 1.99. The number of amides is 1. The summed E-state index contributed by atoms with van der Waals surface area (Å²) < 4.78 is 13.1. The van der Waals surface area contributed by atoms with Gasteiger partial charge in [0, 0.05) is 12.4 Å². The molecule has 4 nitrogen and oxygen atoms in total. The van der Waals surface area contributed by atoms with Crippen LogP contribution in [0.25, 0.3) is 10.9 Å². The van der Waals surface area contributed by atoms with Crippen molar-refractivity contribution in [3.63, 3.8) is 0 Å². The van der Waals surface area contributed by atoms with Crippen LogP contribution in [0, 0.1) is 0 Å². The van der Waals surface area contributed by atoms with Crippen LogP contribution in [0.5, 0.6) is 0 Å². The lowest BCUT2D eigenvalue weighted by Gasteiger charge is -1.93. The van der Waals surface area contributed by atoms with Crippen LogP contribution in [-0.2, 0) is 0 Å². The summed E-state index contributed by atoms with van der Waals surface area (Å²) in [5, 5.41) is 6.41. The lowest BCUT2D eigenvalue weighted by molar-refractivity contribution is 0.0956. The van der Waals surface area contributed by atoms with E-state index in [4.69, 9.17) is 0 Å². The van der Waals surface area contributed by atoms with Crippen molar-refractivity contribution in [1.29, 1.82) is 0 Å². The van der Waals surface area contributed by atoms with E-state index in [0.717, 1.165) is 0 Å². The molecular weight excluding hydrogens is 185 g/mol. The fourth-order valence-corrected chi connectivity index (χ4v) is 1.32. The molecular formula is C9H8FN3O. The van der Waals surface area contributed by atoms with Gasteiger partial charge in [-0.05, 0) is 6.07 Å². The number of rotatable bonds is 1. The number of carbonyl (C=O) groups is 1. The quantitative estimate of drug-likeness (QED) is 0.737. The van der Waals surface area contributed by atoms with E-state index >= 15 is 0 Å². The van der Waals surface area contributed by atoms with E-state index in [1.165, 1.54) is 7.05 Å². The first kappa shape index (κ1) is 8.68. The van der Waals surface area contributed by atoms with Crippen molar-refractivity contribution in [2.75, 3.05) is 7.05 Å². The van der Waals surface area contributed by atoms with E-state index in [2.05, 4.69) is 10.4 Å². The minimum Gasteiger partial charge on any atom is -0.354 e. The molecule has 1 N–H and O–H groups in total. The smallest absolute Gasteiger partial charge is 0.272 e. The predicted octanol–water partition coefficient (Wildman–Crippen LogP) is 1.13. The van der Waals surface area contributed by atoms with Gasteiger partial charge in [-0.1, -0.05) is 27.6 Å². The maximum absolute atomic E-state index is 13.1. The molecule has 1 heterocycles. The van der Waals surface area contributed by atoms with Crippen LogP contribution >= 0.6 is 0 Å². The Kier molecular flexibility index (Phi) is 1.92. The van der Waals surface area contributed by atoms with Crippen molar-refractivity contribution >= 4 is 16.8 Å². The average Bonchev–Trinajstić information content (AvgIpc) is 2.56. The second-order valence-corrected chi connectivity index (χ2v) is 2.80. The topological polar surface area (TPSA) is 46.9 Å². The number of fused-ring (bicyclic) bond motifs is 1. The summed E-state index contributed by atoms with van der Waals surface area (Å²) in [6, 6.07) is 6.64. The summed E-state index contributed by atoms with van der Waals surface area (Å²) in [6.07, 6.45) is 0. The molecule has 0 aliphatic heterocycles. The molecule has 0 radical (unpaired) electrons. The molecule has 0 aliphatic carbocycles. The molecule has 0 fully saturated rings. The maximum Gasteiger partial charge on any atom is 0.272 e. The lowest BCUT2D eigenvalue weighted by Crippen LogP contribution is -2.18. The summed E-state index contributed by atoms with van der Waals surface area (Å²) >= 11 is 0. The Morgan fingerprint density at radius 1 is 1.50 bits per heavy atom. The number of para-hydroxylation sites is 1. The molecule has 0 unspecified atom stereocenters. The van der Waals surface area contributed by atoms with Gasteiger partial charge in [0.25, 0.3) is 5.91 Å². The van der Waals surface area contributed by atoms with Gasteiger partial charge in [-0.15, -0.1) is 5.10 Å². The van der Waals surface area contributed by atoms with Gasteiger partial charge in [0.15, 0.2) is 5.69 Å². The summed E-state index contributed by atoms with van der Waals surface area (Å²) in [7, 11) is 1.48. The van der Waals surface area contributed by atoms with Crippen molar-refractivity contribution < 1.29 is 9.28 Å². The fourth-order valence-electron chi connectivity index (χ4n) is 1.32. The van der Waals surface area contributed by atoms with Gasteiger partial charge < -0.3 is 5.32 Å². The Balaban J connectivity index is 2.72. The summed E-state index contributed by atoms with van der Waals surface area (Å²) in [6.45, 7) is 0. The molecule has 2 aromatic rings. The van der Waals surface area contributed by atoms with Crippen LogP contribution in [0.4, 0.5) is 4.48 Å². The van der Waals surface area contributed by atoms with Gasteiger partial charge in [-0.3, -0.25) is 4.79 Å². The molecule has 2 rings (SSSR count). The van der Waals surface area contributed by atoms with Crippen LogP contribution in [0.2, 0.25) is 0 Å². The Bertz CT molecular complexity index is 492. The zero-order valence-corrected chi connectivity index (χ0v) is 7.49. The van der Waals surface area contributed by atoms with Crippen molar-refractivity contribution in [3.05, 3.63) is 30.0 Å². The second kappa shape index (κ2) is 3.10. The number of nitrogens with one attached hydrogen (secondary N) is 1. The summed E-state index contributed by atoms with van der Waals surface area (Å²) in [4.78, 5) is 11.5. The molecule has 5 heteroatoms. The molecule has 0 saturated heterocycles. The number of carbonyl (C=O) groups excluding carboxylic acids is 1. The molecule has 0 bridgehead atoms. The summed E-state index contributed by atoms with van der Waals surface area (Å²) in [5.41, 5.74) is 0.400. The average molecular weight is 193 g/mol. The monoisotopic (exact) mass is 193 g/mol. The minimum atomic E-state index is -0.391. The normalized spacial score (nSPS) is 10.4. The first-order chi connectivity index (χ1) is 6.74. The van der Waals surface area contributed by atoms with E-state index < -0.39 is 5.91 Å². The van der Waals surface area contributed by atoms with E-state index in [9.17, 15) is 9.28 Å². The first-order valence-corrected chi connectivity index (χ1v) is 4.10. The highest BCUT2D eigenvalue weighted by Crippen LogP contribution is 2.17. The lowest BCUT2D eigenvalue weighted by atomic mass is 10.2. The predicted molar refractivity (Wildman–Crippen MR) is 49.6 cm³/mol. The zero-order valence-electron chi connectivity index (χ0n) is 7.49. The molecule has 0 spiro atoms. The SMILES string of the molecule is CNC(=O)c1nn(F)c2ccccc12. The number of hydrogen-bond acceptors (Lipinski definition) is 2. The van der Waals surface area contributed by atoms with Crippen LogP contribution in [-0.4, -0.2) is 23.0 Å². The number of aromatic nitrogens is 2. The molecule has 0 atom stereocenters. The van der Waals surface area contributed by atoms with Crippen molar-refractivity contribution in [2.45, 2.75) is 0 Å². The zero-order chi connectivity index (χ0) is 10.1. The Labute approximate surface area is 79.3 Å². The van der Waals surface area contributed by atoms with Crippen molar-refractivity contribution in [1.82, 2.24) is 15.3 Å². The van der Waals surface area contributed by atoms with E-state index in [-0.39, 0.29) is 10.6 Å². The van der Waals surface area contributed by atoms with Crippen LogP contribution in [0.1, 0.15) is 10.5 Å². The molecule has 14 heavy (non-hydrogen) atoms. The Morgan fingerprint density at radius 2 is 2.21 bits per heavy atom. The Hall–Kier alpha value is -1.91. The third kappa shape index (κ3) is 1.14. The van der Waals surface area contributed by atoms with Gasteiger partial charge in [0.05, 0.1) is 0 Å². The Morgan fingerprint density at radius 3 is 2.93 bits per heavy atom. The van der Waals surface area contributed by atoms with E-state index in [1.54, 1.807) is 24.3 Å². The van der Waals surface area contributed by atoms with Crippen LogP contribution < -0.4 is 5.32 Å². The fraction of sp³-hybridized carbons (Fsp3) is 0.111. The van der Waals surface area contributed by atoms with Gasteiger partial charge in [-0.2, -0.15) is 0 Å². The van der Waals surface area contributed by atoms with Gasteiger partial charge in [0.1, 0.15) is 5.52 Å². The van der Waals surface area contributed by atoms with Crippen LogP contribution in [0.3, 0.4) is 0 Å². The van der Waals surface area contributed by atoms with Gasteiger partial charge >= 0.3 is 0 Å². The molecule has 72 valence electrons. The standard InChI is InChI=1S/C9H8FN3O/c1-11-9(14)8-6-4-2-3-5-7(6)13(10)12-8/h2-5H,1H3,(H,11,14). The highest BCUT2D eigenvalue weighted by molar-refractivity contribution is 6.04. The molecule has 1 aromatic carbocycles. The van der Waals surface area contributed by atoms with Gasteiger partial charge in [-0.25, -0.2) is 0 Å². The van der Waals surface area contributed by atoms with Gasteiger partial charge in [0.2, 0.25) is 0 Å². The first-order valence-electron chi connectivity index (χ1n) is 4.10. The number of halogens is 1. The third-order valence-corrected chi connectivity index (χ3v) is 1.99. The highest BCUT2D eigenvalue weighted by atomic mass is 19.2. The number of benzene rings is 1. The molecule has 0 saturated carbocycles. The second-order valence-electron chi connectivity index (χ2n) is 2.80. The minimum absolute atomic E-state index is 0.102. The molecule has 0 aliphatic rings. The largest absolute Gasteiger partial charge is 0.354 e. The molecule has 1 amide bonds. The van der Waals surface area contributed by atoms with E-state index in [0.29, 0.717) is 10.9 Å².